The molecule has 2 fully saturated rings. The Bertz CT molecular complexity index is 795. The second-order valence-electron chi connectivity index (χ2n) is 7.13. The second-order valence-corrected chi connectivity index (χ2v) is 7.13. The lowest BCUT2D eigenvalue weighted by molar-refractivity contribution is -0.105. The van der Waals surface area contributed by atoms with Crippen molar-refractivity contribution in [2.45, 2.75) is 31.2 Å². The summed E-state index contributed by atoms with van der Waals surface area (Å²) in [7, 11) is 0. The number of anilines is 1. The van der Waals surface area contributed by atoms with Gasteiger partial charge in [0, 0.05) is 36.3 Å². The highest BCUT2D eigenvalue weighted by molar-refractivity contribution is 5.86. The molecule has 118 valence electrons. The van der Waals surface area contributed by atoms with Crippen molar-refractivity contribution in [3.63, 3.8) is 0 Å². The molecule has 2 N–H and O–H groups in total. The fourth-order valence-corrected chi connectivity index (χ4v) is 5.50. The van der Waals surface area contributed by atoms with Crippen molar-refractivity contribution < 1.29 is 9.90 Å². The van der Waals surface area contributed by atoms with Crippen molar-refractivity contribution >= 4 is 12.0 Å². The third kappa shape index (κ3) is 1.39. The number of hydrogen-bond acceptors (Lipinski definition) is 4. The van der Waals surface area contributed by atoms with Crippen molar-refractivity contribution in [2.24, 2.45) is 5.92 Å². The van der Waals surface area contributed by atoms with Gasteiger partial charge < -0.3 is 10.4 Å². The average molecular weight is 308 g/mol. The number of hydrogen-bond donors (Lipinski definition) is 2. The summed E-state index contributed by atoms with van der Waals surface area (Å²) in [6, 6.07) is 6.18. The molecule has 3 heterocycles. The highest BCUT2D eigenvalue weighted by Crippen LogP contribution is 2.61. The third-order valence-electron chi connectivity index (χ3n) is 6.48. The summed E-state index contributed by atoms with van der Waals surface area (Å²) in [6.45, 7) is 4.08. The van der Waals surface area contributed by atoms with Gasteiger partial charge in [-0.2, -0.15) is 0 Å². The van der Waals surface area contributed by atoms with Gasteiger partial charge in [0.25, 0.3) is 0 Å². The van der Waals surface area contributed by atoms with E-state index in [4.69, 9.17) is 0 Å². The number of allylic oxidation sites excluding steroid dienone is 2. The van der Waals surface area contributed by atoms with E-state index in [2.05, 4.69) is 29.3 Å². The Labute approximate surface area is 135 Å². The van der Waals surface area contributed by atoms with Crippen molar-refractivity contribution in [3.8, 4) is 5.75 Å². The zero-order valence-corrected chi connectivity index (χ0v) is 13.2. The maximum atomic E-state index is 12.0. The fraction of sp³-hybridized carbons (Fsp3) is 0.421. The normalized spacial score (nSPS) is 36.0. The van der Waals surface area contributed by atoms with E-state index in [0.29, 0.717) is 6.04 Å². The lowest BCUT2D eigenvalue weighted by Crippen LogP contribution is -2.52. The predicted octanol–water partition coefficient (Wildman–Crippen LogP) is 2.56. The molecule has 1 spiro atoms. The van der Waals surface area contributed by atoms with E-state index in [1.54, 1.807) is 6.07 Å². The lowest BCUT2D eigenvalue weighted by Gasteiger charge is -2.48. The van der Waals surface area contributed by atoms with E-state index in [9.17, 15) is 9.90 Å². The molecule has 0 aromatic heterocycles. The van der Waals surface area contributed by atoms with Crippen LogP contribution in [0.2, 0.25) is 0 Å². The number of carbonyl (C=O) groups is 1. The number of nitrogens with zero attached hydrogens (tertiary/aromatic N) is 1. The molecular formula is C19H20N2O2. The Balaban J connectivity index is 1.84. The largest absolute Gasteiger partial charge is 0.506 e. The molecule has 5 rings (SSSR count). The zero-order valence-electron chi connectivity index (χ0n) is 13.2. The Morgan fingerprint density at radius 1 is 1.43 bits per heavy atom. The van der Waals surface area contributed by atoms with Crippen LogP contribution in [-0.2, 0) is 10.2 Å². The summed E-state index contributed by atoms with van der Waals surface area (Å²) in [5, 5.41) is 13.7. The number of fused-ring (bicyclic) bond motifs is 2. The number of aldehydes is 1. The fourth-order valence-electron chi connectivity index (χ4n) is 5.50. The molecule has 1 aromatic rings. The highest BCUT2D eigenvalue weighted by atomic mass is 16.3. The molecule has 1 aromatic carbocycles. The summed E-state index contributed by atoms with van der Waals surface area (Å²) < 4.78 is 0. The van der Waals surface area contributed by atoms with E-state index < -0.39 is 0 Å². The number of piperidine rings is 1. The van der Waals surface area contributed by atoms with Gasteiger partial charge in [0.2, 0.25) is 0 Å². The van der Waals surface area contributed by atoms with Gasteiger partial charge in [-0.25, -0.2) is 0 Å². The van der Waals surface area contributed by atoms with Crippen molar-refractivity contribution in [2.75, 3.05) is 18.4 Å². The molecule has 4 nitrogen and oxygen atoms in total. The summed E-state index contributed by atoms with van der Waals surface area (Å²) in [5.41, 5.74) is 5.13. The smallest absolute Gasteiger partial charge is 0.148 e. The van der Waals surface area contributed by atoms with Crippen molar-refractivity contribution in [3.05, 3.63) is 46.7 Å². The van der Waals surface area contributed by atoms with Crippen LogP contribution in [-0.4, -0.2) is 35.4 Å². The first-order valence-corrected chi connectivity index (χ1v) is 8.39. The number of carbonyl (C=O) groups excluding carboxylic acids is 1. The first-order chi connectivity index (χ1) is 11.2. The van der Waals surface area contributed by atoms with Crippen LogP contribution in [0.15, 0.2) is 41.1 Å². The van der Waals surface area contributed by atoms with Gasteiger partial charge in [0.1, 0.15) is 12.0 Å². The van der Waals surface area contributed by atoms with E-state index >= 15 is 0 Å². The molecule has 4 heteroatoms. The van der Waals surface area contributed by atoms with E-state index in [1.807, 2.05) is 6.07 Å². The molecule has 0 amide bonds. The van der Waals surface area contributed by atoms with Crippen LogP contribution in [0.25, 0.3) is 0 Å². The van der Waals surface area contributed by atoms with Crippen LogP contribution in [0, 0.1) is 5.92 Å². The molecule has 2 bridgehead atoms. The molecule has 1 aliphatic carbocycles. The summed E-state index contributed by atoms with van der Waals surface area (Å²) >= 11 is 0. The molecule has 23 heavy (non-hydrogen) atoms. The average Bonchev–Trinajstić information content (AvgIpc) is 3.12. The van der Waals surface area contributed by atoms with Crippen LogP contribution in [0.5, 0.6) is 5.75 Å². The van der Waals surface area contributed by atoms with E-state index in [-0.39, 0.29) is 17.1 Å². The molecule has 0 saturated carbocycles. The van der Waals surface area contributed by atoms with Gasteiger partial charge in [0.15, 0.2) is 0 Å². The van der Waals surface area contributed by atoms with Crippen LogP contribution < -0.4 is 5.32 Å². The minimum Gasteiger partial charge on any atom is -0.506 e. The number of rotatable bonds is 1. The zero-order chi connectivity index (χ0) is 15.8. The van der Waals surface area contributed by atoms with E-state index in [1.165, 1.54) is 11.1 Å². The quantitative estimate of drug-likeness (QED) is 0.476. The maximum absolute atomic E-state index is 12.0. The minimum atomic E-state index is -0.139. The Morgan fingerprint density at radius 2 is 2.30 bits per heavy atom. The Hall–Kier alpha value is -2.07. The van der Waals surface area contributed by atoms with Crippen molar-refractivity contribution in [1.82, 2.24) is 4.90 Å². The van der Waals surface area contributed by atoms with Crippen LogP contribution in [0.1, 0.15) is 25.3 Å². The Kier molecular flexibility index (Phi) is 2.48. The minimum absolute atomic E-state index is 0.139. The molecule has 3 atom stereocenters. The number of aromatic hydroxyl groups is 1. The summed E-state index contributed by atoms with van der Waals surface area (Å²) in [4.78, 5) is 14.5. The Morgan fingerprint density at radius 3 is 3.09 bits per heavy atom. The molecule has 0 radical (unpaired) electrons. The third-order valence-corrected chi connectivity index (χ3v) is 6.48. The van der Waals surface area contributed by atoms with Crippen molar-refractivity contribution in [1.29, 1.82) is 0 Å². The molecular weight excluding hydrogens is 288 g/mol. The van der Waals surface area contributed by atoms with E-state index in [0.717, 1.165) is 49.2 Å². The molecule has 4 aliphatic rings. The number of para-hydroxylation sites is 1. The van der Waals surface area contributed by atoms with Crippen LogP contribution in [0.4, 0.5) is 5.69 Å². The molecule has 3 aliphatic heterocycles. The number of nitrogens with one attached hydrogen (secondary N) is 1. The first-order valence-electron chi connectivity index (χ1n) is 8.39. The van der Waals surface area contributed by atoms with Gasteiger partial charge in [-0.15, -0.1) is 0 Å². The highest BCUT2D eigenvalue weighted by Gasteiger charge is 2.61. The standard InChI is InChI=1S/C19H20N2O2/c1-2-11-9-21-7-6-19-14-4-3-5-15(23)17(14)20-18(19)13(10-22)12(11)8-16(19)21/h2-5,10,12,16,20,23H,6-9H2,1H3/b11-2+/t12-,16?,19+/m0/s1. The van der Waals surface area contributed by atoms with Crippen LogP contribution in [0.3, 0.4) is 0 Å². The second kappa shape index (κ2) is 4.26. The predicted molar refractivity (Wildman–Crippen MR) is 88.3 cm³/mol. The monoisotopic (exact) mass is 308 g/mol. The molecule has 1 unspecified atom stereocenters. The van der Waals surface area contributed by atoms with Crippen LogP contribution >= 0.6 is 0 Å². The number of phenolic OH excluding ortho intramolecular Hbond substituents is 1. The number of benzene rings is 1. The van der Waals surface area contributed by atoms with Gasteiger partial charge >= 0.3 is 0 Å². The molecule has 2 saturated heterocycles. The van der Waals surface area contributed by atoms with Gasteiger partial charge in [-0.05, 0) is 31.4 Å². The number of phenols is 1. The summed E-state index contributed by atoms with van der Waals surface area (Å²) in [6.07, 6.45) is 5.24. The topological polar surface area (TPSA) is 52.6 Å². The van der Waals surface area contributed by atoms with Gasteiger partial charge in [-0.1, -0.05) is 23.8 Å². The lowest BCUT2D eigenvalue weighted by atomic mass is 9.62. The van der Waals surface area contributed by atoms with Gasteiger partial charge in [0.05, 0.1) is 11.1 Å². The summed E-state index contributed by atoms with van der Waals surface area (Å²) in [5.74, 6) is 0.507. The van der Waals surface area contributed by atoms with Gasteiger partial charge in [-0.3, -0.25) is 9.69 Å². The first kappa shape index (κ1) is 13.4. The SMILES string of the molecule is C/C=C1\CN2CC[C@]34C(=C(C=O)[C@H]1CC23)Nc1c(O)cccc14. The maximum Gasteiger partial charge on any atom is 0.148 e.